The molecule has 23 heavy (non-hydrogen) atoms. The summed E-state index contributed by atoms with van der Waals surface area (Å²) in [7, 11) is 1.59. The van der Waals surface area contributed by atoms with Gasteiger partial charge in [0.25, 0.3) is 0 Å². The molecule has 3 rings (SSSR count). The summed E-state index contributed by atoms with van der Waals surface area (Å²) in [5, 5.41) is 5.51. The molecule has 6 nitrogen and oxygen atoms in total. The molecule has 1 fully saturated rings. The number of hydrogen-bond acceptors (Lipinski definition) is 2. The van der Waals surface area contributed by atoms with E-state index in [0.29, 0.717) is 18.7 Å². The number of aromatic nitrogens is 1. The maximum Gasteiger partial charge on any atom is 0.322 e. The highest BCUT2D eigenvalue weighted by Crippen LogP contribution is 2.20. The van der Waals surface area contributed by atoms with E-state index in [9.17, 15) is 9.59 Å². The number of amides is 3. The van der Waals surface area contributed by atoms with Crippen LogP contribution in [0, 0.1) is 0 Å². The molecule has 6 heteroatoms. The standard InChI is InChI=1S/C17H20N4O2/c1-18-16(22)15-8-5-11-21(15)17(23)19-13-6-4-7-14(12-13)20-9-2-3-10-20/h2-4,6-7,9-10,12,15H,5,8,11H2,1H3,(H,18,22)(H,19,23)/t15-/m1/s1. The molecule has 0 spiro atoms. The van der Waals surface area contributed by atoms with Gasteiger partial charge in [0.2, 0.25) is 5.91 Å². The lowest BCUT2D eigenvalue weighted by Crippen LogP contribution is -2.46. The molecule has 2 N–H and O–H groups in total. The normalized spacial score (nSPS) is 17.1. The molecule has 1 atom stereocenters. The number of anilines is 1. The van der Waals surface area contributed by atoms with Crippen molar-refractivity contribution in [2.75, 3.05) is 18.9 Å². The lowest BCUT2D eigenvalue weighted by atomic mass is 10.2. The number of nitrogens with zero attached hydrogens (tertiary/aromatic N) is 2. The largest absolute Gasteiger partial charge is 0.357 e. The Labute approximate surface area is 135 Å². The van der Waals surface area contributed by atoms with Crippen molar-refractivity contribution in [3.63, 3.8) is 0 Å². The Bertz CT molecular complexity index is 696. The molecule has 1 saturated heterocycles. The van der Waals surface area contributed by atoms with E-state index >= 15 is 0 Å². The molecule has 1 aliphatic heterocycles. The van der Waals surface area contributed by atoms with Crippen molar-refractivity contribution in [1.29, 1.82) is 0 Å². The van der Waals surface area contributed by atoms with Crippen LogP contribution in [0.2, 0.25) is 0 Å². The van der Waals surface area contributed by atoms with Gasteiger partial charge in [-0.2, -0.15) is 0 Å². The van der Waals surface area contributed by atoms with Gasteiger partial charge in [-0.3, -0.25) is 4.79 Å². The summed E-state index contributed by atoms with van der Waals surface area (Å²) in [4.78, 5) is 25.9. The fraction of sp³-hybridized carbons (Fsp3) is 0.294. The second-order valence-electron chi connectivity index (χ2n) is 5.54. The summed E-state index contributed by atoms with van der Waals surface area (Å²) in [5.41, 5.74) is 1.68. The number of nitrogens with one attached hydrogen (secondary N) is 2. The molecule has 1 aromatic heterocycles. The number of benzene rings is 1. The van der Waals surface area contributed by atoms with Gasteiger partial charge in [0, 0.05) is 37.4 Å². The fourth-order valence-corrected chi connectivity index (χ4v) is 2.90. The van der Waals surface area contributed by atoms with Crippen LogP contribution in [-0.2, 0) is 4.79 Å². The number of carbonyl (C=O) groups excluding carboxylic acids is 2. The van der Waals surface area contributed by atoms with Crippen molar-refractivity contribution >= 4 is 17.6 Å². The van der Waals surface area contributed by atoms with Crippen LogP contribution in [0.15, 0.2) is 48.8 Å². The third-order valence-electron chi connectivity index (χ3n) is 4.06. The summed E-state index contributed by atoms with van der Waals surface area (Å²) >= 11 is 0. The number of hydrogen-bond donors (Lipinski definition) is 2. The van der Waals surface area contributed by atoms with Crippen LogP contribution in [0.4, 0.5) is 10.5 Å². The van der Waals surface area contributed by atoms with Crippen molar-refractivity contribution < 1.29 is 9.59 Å². The third kappa shape index (κ3) is 3.21. The predicted molar refractivity (Wildman–Crippen MR) is 88.6 cm³/mol. The zero-order valence-electron chi connectivity index (χ0n) is 13.0. The molecule has 0 radical (unpaired) electrons. The average Bonchev–Trinajstić information content (AvgIpc) is 3.25. The summed E-state index contributed by atoms with van der Waals surface area (Å²) < 4.78 is 1.97. The second kappa shape index (κ2) is 6.56. The van der Waals surface area contributed by atoms with Gasteiger partial charge in [-0.05, 0) is 43.2 Å². The smallest absolute Gasteiger partial charge is 0.322 e. The van der Waals surface area contributed by atoms with Crippen LogP contribution in [0.25, 0.3) is 5.69 Å². The average molecular weight is 312 g/mol. The summed E-state index contributed by atoms with van der Waals surface area (Å²) in [6.45, 7) is 0.598. The number of urea groups is 1. The Kier molecular flexibility index (Phi) is 4.32. The van der Waals surface area contributed by atoms with E-state index in [4.69, 9.17) is 0 Å². The molecule has 3 amide bonds. The van der Waals surface area contributed by atoms with Crippen molar-refractivity contribution in [2.24, 2.45) is 0 Å². The molecular formula is C17H20N4O2. The van der Waals surface area contributed by atoms with Gasteiger partial charge in [0.15, 0.2) is 0 Å². The lowest BCUT2D eigenvalue weighted by molar-refractivity contribution is -0.124. The molecule has 0 unspecified atom stereocenters. The molecule has 0 bridgehead atoms. The van der Waals surface area contributed by atoms with Crippen LogP contribution in [0.1, 0.15) is 12.8 Å². The fourth-order valence-electron chi connectivity index (χ4n) is 2.90. The minimum atomic E-state index is -0.382. The van der Waals surface area contributed by atoms with Gasteiger partial charge in [-0.15, -0.1) is 0 Å². The first-order chi connectivity index (χ1) is 11.2. The van der Waals surface area contributed by atoms with Crippen molar-refractivity contribution in [3.05, 3.63) is 48.8 Å². The van der Waals surface area contributed by atoms with E-state index < -0.39 is 0 Å². The van der Waals surface area contributed by atoms with E-state index in [0.717, 1.165) is 12.1 Å². The summed E-state index contributed by atoms with van der Waals surface area (Å²) in [5.74, 6) is -0.112. The van der Waals surface area contributed by atoms with Gasteiger partial charge in [0.1, 0.15) is 6.04 Å². The first-order valence-electron chi connectivity index (χ1n) is 7.71. The summed E-state index contributed by atoms with van der Waals surface area (Å²) in [6, 6.07) is 10.9. The Balaban J connectivity index is 1.73. The minimum absolute atomic E-state index is 0.112. The molecular weight excluding hydrogens is 292 g/mol. The molecule has 120 valence electrons. The number of rotatable bonds is 3. The van der Waals surface area contributed by atoms with E-state index in [1.807, 2.05) is 53.4 Å². The topological polar surface area (TPSA) is 66.4 Å². The second-order valence-corrected chi connectivity index (χ2v) is 5.54. The Morgan fingerprint density at radius 1 is 1.17 bits per heavy atom. The van der Waals surface area contributed by atoms with Gasteiger partial charge in [-0.1, -0.05) is 6.07 Å². The number of likely N-dealkylation sites (N-methyl/N-ethyl adjacent to an activating group) is 1. The Morgan fingerprint density at radius 3 is 2.70 bits per heavy atom. The van der Waals surface area contributed by atoms with Crippen LogP contribution in [0.3, 0.4) is 0 Å². The molecule has 2 aromatic rings. The maximum atomic E-state index is 12.5. The SMILES string of the molecule is CNC(=O)[C@H]1CCCN1C(=O)Nc1cccc(-n2cccc2)c1. The van der Waals surface area contributed by atoms with Crippen molar-refractivity contribution in [3.8, 4) is 5.69 Å². The van der Waals surface area contributed by atoms with E-state index in [-0.39, 0.29) is 18.0 Å². The number of likely N-dealkylation sites (tertiary alicyclic amines) is 1. The highest BCUT2D eigenvalue weighted by molar-refractivity contribution is 5.94. The Morgan fingerprint density at radius 2 is 1.96 bits per heavy atom. The Hall–Kier alpha value is -2.76. The van der Waals surface area contributed by atoms with E-state index in [1.165, 1.54) is 0 Å². The van der Waals surface area contributed by atoms with Crippen molar-refractivity contribution in [1.82, 2.24) is 14.8 Å². The van der Waals surface area contributed by atoms with Gasteiger partial charge >= 0.3 is 6.03 Å². The lowest BCUT2D eigenvalue weighted by Gasteiger charge is -2.23. The van der Waals surface area contributed by atoms with E-state index in [2.05, 4.69) is 10.6 Å². The summed E-state index contributed by atoms with van der Waals surface area (Å²) in [6.07, 6.45) is 5.44. The maximum absolute atomic E-state index is 12.5. The molecule has 0 aliphatic carbocycles. The van der Waals surface area contributed by atoms with Crippen LogP contribution in [-0.4, -0.2) is 41.0 Å². The van der Waals surface area contributed by atoms with E-state index in [1.54, 1.807) is 11.9 Å². The highest BCUT2D eigenvalue weighted by Gasteiger charge is 2.33. The minimum Gasteiger partial charge on any atom is -0.357 e. The quantitative estimate of drug-likeness (QED) is 0.912. The molecule has 2 heterocycles. The predicted octanol–water partition coefficient (Wildman–Crippen LogP) is 2.22. The van der Waals surface area contributed by atoms with Gasteiger partial charge in [0.05, 0.1) is 0 Å². The van der Waals surface area contributed by atoms with Gasteiger partial charge in [-0.25, -0.2) is 4.79 Å². The first-order valence-corrected chi connectivity index (χ1v) is 7.71. The molecule has 1 aliphatic rings. The molecule has 0 saturated carbocycles. The first kappa shape index (κ1) is 15.1. The molecule has 1 aromatic carbocycles. The zero-order valence-corrected chi connectivity index (χ0v) is 13.0. The number of carbonyl (C=O) groups is 2. The van der Waals surface area contributed by atoms with Crippen LogP contribution < -0.4 is 10.6 Å². The van der Waals surface area contributed by atoms with Crippen molar-refractivity contribution in [2.45, 2.75) is 18.9 Å². The highest BCUT2D eigenvalue weighted by atomic mass is 16.2. The zero-order chi connectivity index (χ0) is 16.2. The monoisotopic (exact) mass is 312 g/mol. The van der Waals surface area contributed by atoms with Gasteiger partial charge < -0.3 is 20.1 Å². The van der Waals surface area contributed by atoms with Crippen LogP contribution in [0.5, 0.6) is 0 Å². The van der Waals surface area contributed by atoms with Crippen LogP contribution >= 0.6 is 0 Å². The third-order valence-corrected chi connectivity index (χ3v) is 4.06.